The lowest BCUT2D eigenvalue weighted by atomic mass is 9.93. The van der Waals surface area contributed by atoms with Gasteiger partial charge in [0.05, 0.1) is 27.9 Å². The molecule has 2 aromatic heterocycles. The lowest BCUT2D eigenvalue weighted by Crippen LogP contribution is -2.36. The van der Waals surface area contributed by atoms with Gasteiger partial charge in [-0.25, -0.2) is 9.97 Å². The Hall–Kier alpha value is -7.59. The van der Waals surface area contributed by atoms with Crippen molar-refractivity contribution in [2.75, 3.05) is 4.67 Å². The molecule has 12 rings (SSSR count). The second kappa shape index (κ2) is 13.5. The molecule has 0 radical (unpaired) electrons. The minimum atomic E-state index is -3.86. The number of benzene rings is 9. The molecular formula is C54H35N4OP. The monoisotopic (exact) mass is 786 g/mol. The van der Waals surface area contributed by atoms with E-state index in [-0.39, 0.29) is 0 Å². The van der Waals surface area contributed by atoms with Gasteiger partial charge in [-0.15, -0.1) is 0 Å². The van der Waals surface area contributed by atoms with E-state index in [0.29, 0.717) is 10.9 Å². The Morgan fingerprint density at radius 1 is 0.433 bits per heavy atom. The molecule has 60 heavy (non-hydrogen) atoms. The predicted molar refractivity (Wildman–Crippen MR) is 250 cm³/mol. The first-order chi connectivity index (χ1) is 29.6. The fourth-order valence-corrected chi connectivity index (χ4v) is 12.0. The number of hydrogen-bond acceptors (Lipinski definition) is 3. The van der Waals surface area contributed by atoms with Crippen LogP contribution in [0.5, 0.6) is 0 Å². The second-order valence-electron chi connectivity index (χ2n) is 15.3. The predicted octanol–water partition coefficient (Wildman–Crippen LogP) is 13.3. The molecule has 3 heterocycles. The molecule has 1 unspecified atom stereocenters. The molecule has 0 saturated heterocycles. The van der Waals surface area contributed by atoms with Gasteiger partial charge in [0.1, 0.15) is 0 Å². The summed E-state index contributed by atoms with van der Waals surface area (Å²) in [5.41, 5.74) is 11.9. The van der Waals surface area contributed by atoms with Crippen LogP contribution in [0.15, 0.2) is 212 Å². The van der Waals surface area contributed by atoms with Crippen LogP contribution in [-0.2, 0) is 4.57 Å². The number of fused-ring (bicyclic) bond motifs is 9. The Bertz CT molecular complexity index is 3530. The van der Waals surface area contributed by atoms with Crippen LogP contribution in [-0.4, -0.2) is 14.5 Å². The van der Waals surface area contributed by atoms with Crippen molar-refractivity contribution in [3.05, 3.63) is 212 Å². The molecular weight excluding hydrogens is 752 g/mol. The van der Waals surface area contributed by atoms with Crippen LogP contribution in [0.2, 0.25) is 0 Å². The Morgan fingerprint density at radius 3 is 1.85 bits per heavy atom. The summed E-state index contributed by atoms with van der Waals surface area (Å²) in [5.74, 6) is 0. The Balaban J connectivity index is 1.15. The van der Waals surface area contributed by atoms with Crippen molar-refractivity contribution in [2.45, 2.75) is 0 Å². The van der Waals surface area contributed by atoms with Crippen molar-refractivity contribution in [3.63, 3.8) is 0 Å². The average Bonchev–Trinajstić information content (AvgIpc) is 3.65. The summed E-state index contributed by atoms with van der Waals surface area (Å²) in [5, 5.41) is 6.18. The van der Waals surface area contributed by atoms with Crippen molar-refractivity contribution in [2.24, 2.45) is 0 Å². The largest absolute Gasteiger partial charge is 0.309 e. The fraction of sp³-hybridized carbons (Fsp3) is 0. The van der Waals surface area contributed by atoms with Crippen molar-refractivity contribution in [3.8, 4) is 39.2 Å². The van der Waals surface area contributed by atoms with Gasteiger partial charge in [0.15, 0.2) is 0 Å². The molecule has 6 heteroatoms. The van der Waals surface area contributed by atoms with Crippen molar-refractivity contribution >= 4 is 73.0 Å². The van der Waals surface area contributed by atoms with Crippen LogP contribution in [0.1, 0.15) is 0 Å². The molecule has 0 aliphatic carbocycles. The molecule has 282 valence electrons. The number of anilines is 2. The van der Waals surface area contributed by atoms with Crippen LogP contribution in [0.25, 0.3) is 82.7 Å². The molecule has 5 nitrogen and oxygen atoms in total. The van der Waals surface area contributed by atoms with E-state index in [4.69, 9.17) is 9.97 Å². The van der Waals surface area contributed by atoms with E-state index in [9.17, 15) is 0 Å². The molecule has 11 aromatic rings. The van der Waals surface area contributed by atoms with E-state index in [1.165, 1.54) is 10.8 Å². The Kier molecular flexibility index (Phi) is 7.75. The third-order valence-corrected chi connectivity index (χ3v) is 14.7. The van der Waals surface area contributed by atoms with E-state index in [1.54, 1.807) is 0 Å². The first-order valence-electron chi connectivity index (χ1n) is 20.2. The minimum absolute atomic E-state index is 0.298. The zero-order valence-corrected chi connectivity index (χ0v) is 33.2. The van der Waals surface area contributed by atoms with Gasteiger partial charge in [0, 0.05) is 44.0 Å². The molecule has 1 aliphatic rings. The average molecular weight is 787 g/mol. The lowest BCUT2D eigenvalue weighted by Gasteiger charge is -2.39. The standard InChI is InChI=1S/C54H35N4OP/c59-60(54-55-47-26-14-12-25-44(47)53(56-54)37-17-4-1-5-18-37)51-33-30-39(38-29-31-49-45(34-38)43-24-13-15-27-48(43)57(49)40-19-6-2-7-20-40)35-46(51)52-42-23-11-10-16-36(42)28-32-50(52)58(60)41-21-8-3-9-22-41/h1-35H. The van der Waals surface area contributed by atoms with Crippen LogP contribution >= 0.6 is 7.29 Å². The molecule has 1 atom stereocenters. The van der Waals surface area contributed by atoms with Crippen molar-refractivity contribution in [1.82, 2.24) is 14.5 Å². The highest BCUT2D eigenvalue weighted by atomic mass is 31.2. The number of rotatable bonds is 5. The SMILES string of the molecule is O=P1(c2nc(-c3ccccc3)c3ccccc3n2)c2ccc(-c3ccc4c(c3)c3ccccc3n4-c3ccccc3)cc2-c2c(ccc3ccccc23)N1c1ccccc1. The summed E-state index contributed by atoms with van der Waals surface area (Å²) in [6.07, 6.45) is 0. The maximum absolute atomic E-state index is 17.0. The smallest absolute Gasteiger partial charge is 0.270 e. The third kappa shape index (κ3) is 5.16. The van der Waals surface area contributed by atoms with Gasteiger partial charge >= 0.3 is 0 Å². The lowest BCUT2D eigenvalue weighted by molar-refractivity contribution is 0.585. The highest BCUT2D eigenvalue weighted by Gasteiger charge is 2.46. The molecule has 0 saturated carbocycles. The van der Waals surface area contributed by atoms with Gasteiger partial charge in [-0.1, -0.05) is 146 Å². The third-order valence-electron chi connectivity index (χ3n) is 11.9. The van der Waals surface area contributed by atoms with Crippen molar-refractivity contribution < 1.29 is 4.57 Å². The van der Waals surface area contributed by atoms with Crippen molar-refractivity contribution in [1.29, 1.82) is 0 Å². The van der Waals surface area contributed by atoms with E-state index < -0.39 is 7.29 Å². The van der Waals surface area contributed by atoms with Gasteiger partial charge in [-0.3, -0.25) is 9.24 Å². The maximum atomic E-state index is 17.0. The molecule has 0 fully saturated rings. The van der Waals surface area contributed by atoms with Crippen LogP contribution in [0, 0.1) is 0 Å². The topological polar surface area (TPSA) is 51.0 Å². The summed E-state index contributed by atoms with van der Waals surface area (Å²) in [6.45, 7) is 0. The molecule has 1 aliphatic heterocycles. The van der Waals surface area contributed by atoms with Gasteiger partial charge < -0.3 is 4.57 Å². The number of hydrogen-bond donors (Lipinski definition) is 0. The van der Waals surface area contributed by atoms with Gasteiger partial charge in [0.25, 0.3) is 7.29 Å². The molecule has 0 amide bonds. The zero-order valence-electron chi connectivity index (χ0n) is 32.4. The Morgan fingerprint density at radius 2 is 1.05 bits per heavy atom. The number of nitrogens with zero attached hydrogens (tertiary/aromatic N) is 4. The van der Waals surface area contributed by atoms with Gasteiger partial charge in [0.2, 0.25) is 5.57 Å². The summed E-state index contributed by atoms with van der Waals surface area (Å²) < 4.78 is 21.4. The summed E-state index contributed by atoms with van der Waals surface area (Å²) in [6, 6.07) is 73.3. The van der Waals surface area contributed by atoms with Crippen LogP contribution in [0.4, 0.5) is 11.4 Å². The minimum Gasteiger partial charge on any atom is -0.309 e. The molecule has 0 bridgehead atoms. The number of para-hydroxylation sites is 4. The molecule has 0 spiro atoms. The normalized spacial score (nSPS) is 14.8. The summed E-state index contributed by atoms with van der Waals surface area (Å²) in [4.78, 5) is 10.5. The van der Waals surface area contributed by atoms with E-state index in [1.807, 2.05) is 77.5 Å². The quantitative estimate of drug-likeness (QED) is 0.163. The first-order valence-corrected chi connectivity index (χ1v) is 21.9. The Labute approximate surface area is 346 Å². The van der Waals surface area contributed by atoms with Crippen LogP contribution in [0.3, 0.4) is 0 Å². The fourth-order valence-electron chi connectivity index (χ4n) is 9.25. The second-order valence-corrected chi connectivity index (χ2v) is 17.7. The highest BCUT2D eigenvalue weighted by Crippen LogP contribution is 2.62. The maximum Gasteiger partial charge on any atom is 0.270 e. The first kappa shape index (κ1) is 34.5. The van der Waals surface area contributed by atoms with Crippen LogP contribution < -0.4 is 15.5 Å². The van der Waals surface area contributed by atoms with E-state index >= 15 is 4.57 Å². The zero-order chi connectivity index (χ0) is 39.8. The summed E-state index contributed by atoms with van der Waals surface area (Å²) >= 11 is 0. The highest BCUT2D eigenvalue weighted by molar-refractivity contribution is 7.80. The molecule has 9 aromatic carbocycles. The van der Waals surface area contributed by atoms with Gasteiger partial charge in [-0.2, -0.15) is 0 Å². The summed E-state index contributed by atoms with van der Waals surface area (Å²) in [7, 11) is -3.86. The van der Waals surface area contributed by atoms with Gasteiger partial charge in [-0.05, 0) is 94.2 Å². The number of aromatic nitrogens is 3. The molecule has 0 N–H and O–H groups in total. The van der Waals surface area contributed by atoms with E-state index in [2.05, 4.69) is 144 Å². The van der Waals surface area contributed by atoms with E-state index in [0.717, 1.165) is 83.3 Å².